The molecule has 0 saturated heterocycles. The molecule has 11 nitrogen and oxygen atoms in total. The van der Waals surface area contributed by atoms with Crippen LogP contribution in [0.2, 0.25) is 0 Å². The van der Waals surface area contributed by atoms with Gasteiger partial charge in [0.25, 0.3) is 11.8 Å². The minimum atomic E-state index is -4.85. The van der Waals surface area contributed by atoms with E-state index in [2.05, 4.69) is 31.4 Å². The lowest BCUT2D eigenvalue weighted by molar-refractivity contribution is -0.210. The normalized spacial score (nSPS) is 14.9. The summed E-state index contributed by atoms with van der Waals surface area (Å²) in [6.07, 6.45) is -5.97. The molecule has 51 heavy (non-hydrogen) atoms. The predicted octanol–water partition coefficient (Wildman–Crippen LogP) is 5.44. The number of amides is 2. The molecular weight excluding hydrogens is 733 g/mol. The van der Waals surface area contributed by atoms with Crippen molar-refractivity contribution in [2.75, 3.05) is 6.61 Å². The topological polar surface area (TPSA) is 132 Å². The van der Waals surface area contributed by atoms with E-state index in [0.29, 0.717) is 17.0 Å². The first-order valence-electron chi connectivity index (χ1n) is 15.9. The number of nitrogens with one attached hydrogen (secondary N) is 1. The van der Waals surface area contributed by atoms with Gasteiger partial charge >= 0.3 is 11.9 Å². The number of hydrogen-bond acceptors (Lipinski definition) is 7. The average molecular weight is 766 g/mol. The average Bonchev–Trinajstić information content (AvgIpc) is 3.41. The zero-order valence-corrected chi connectivity index (χ0v) is 29.0. The number of carbonyl (C=O) groups excluding carboxylic acids is 2. The molecule has 3 aromatic carbocycles. The maximum atomic E-state index is 14.2. The molecule has 0 fully saturated rings. The van der Waals surface area contributed by atoms with E-state index in [1.807, 2.05) is 38.1 Å². The summed E-state index contributed by atoms with van der Waals surface area (Å²) in [7, 11) is 0. The molecule has 2 N–H and O–H groups in total. The number of aliphatic hydroxyl groups excluding tert-OH is 1. The summed E-state index contributed by atoms with van der Waals surface area (Å²) in [6.45, 7) is 2.79. The van der Waals surface area contributed by atoms with Crippen LogP contribution in [0.4, 0.5) is 13.2 Å². The zero-order valence-electron chi connectivity index (χ0n) is 27.4. The Morgan fingerprint density at radius 2 is 1.82 bits per heavy atom. The van der Waals surface area contributed by atoms with Crippen molar-refractivity contribution in [3.63, 3.8) is 0 Å². The van der Waals surface area contributed by atoms with Crippen molar-refractivity contribution in [1.29, 1.82) is 0 Å². The monoisotopic (exact) mass is 764 g/mol. The van der Waals surface area contributed by atoms with E-state index in [-0.39, 0.29) is 42.7 Å². The first-order chi connectivity index (χ1) is 24.3. The minimum Gasteiger partial charge on any atom is -0.491 e. The Morgan fingerprint density at radius 3 is 2.51 bits per heavy atom. The van der Waals surface area contributed by atoms with Crippen LogP contribution in [0, 0.1) is 6.92 Å². The molecule has 1 aliphatic heterocycles. The number of aryl methyl sites for hydroxylation is 1. The van der Waals surface area contributed by atoms with Gasteiger partial charge in [0.1, 0.15) is 18.1 Å². The van der Waals surface area contributed by atoms with E-state index < -0.39 is 36.5 Å². The number of halogens is 4. The Hall–Kier alpha value is -5.28. The molecule has 1 aliphatic rings. The van der Waals surface area contributed by atoms with Crippen LogP contribution in [0.25, 0.3) is 16.9 Å². The molecule has 2 amide bonds. The molecule has 0 unspecified atom stereocenters. The van der Waals surface area contributed by atoms with Gasteiger partial charge in [0.05, 0.1) is 23.6 Å². The fourth-order valence-corrected chi connectivity index (χ4v) is 6.14. The van der Waals surface area contributed by atoms with Crippen LogP contribution in [0.5, 0.6) is 5.75 Å². The Labute approximate surface area is 298 Å². The van der Waals surface area contributed by atoms with E-state index in [0.717, 1.165) is 21.2 Å². The molecule has 2 atom stereocenters. The first-order valence-corrected chi connectivity index (χ1v) is 16.7. The number of alkyl halides is 3. The summed E-state index contributed by atoms with van der Waals surface area (Å²) in [5, 5.41) is 20.4. The number of benzene rings is 3. The van der Waals surface area contributed by atoms with E-state index in [4.69, 9.17) is 4.74 Å². The smallest absolute Gasteiger partial charge is 0.417 e. The van der Waals surface area contributed by atoms with Gasteiger partial charge in [-0.1, -0.05) is 40.2 Å². The fourth-order valence-electron chi connectivity index (χ4n) is 5.89. The van der Waals surface area contributed by atoms with E-state index in [1.165, 1.54) is 33.4 Å². The lowest BCUT2D eigenvalue weighted by Gasteiger charge is -2.34. The molecule has 3 heterocycles. The van der Waals surface area contributed by atoms with Gasteiger partial charge < -0.3 is 20.1 Å². The second-order valence-corrected chi connectivity index (χ2v) is 12.9. The van der Waals surface area contributed by atoms with Gasteiger partial charge in [-0.25, -0.2) is 4.79 Å². The van der Waals surface area contributed by atoms with E-state index in [9.17, 15) is 32.7 Å². The zero-order chi connectivity index (χ0) is 36.4. The van der Waals surface area contributed by atoms with Crippen LogP contribution in [-0.4, -0.2) is 66.1 Å². The van der Waals surface area contributed by atoms with Crippen molar-refractivity contribution in [2.24, 2.45) is 0 Å². The minimum absolute atomic E-state index is 0.00478. The summed E-state index contributed by atoms with van der Waals surface area (Å²) in [5.41, 5.74) is 3.45. The summed E-state index contributed by atoms with van der Waals surface area (Å²) in [4.78, 5) is 43.7. The number of fused-ring (bicyclic) bond motifs is 1. The third-order valence-electron chi connectivity index (χ3n) is 8.61. The molecule has 2 aromatic heterocycles. The summed E-state index contributed by atoms with van der Waals surface area (Å²) >= 11 is 3.46. The summed E-state index contributed by atoms with van der Waals surface area (Å²) in [6, 6.07) is 21.3. The van der Waals surface area contributed by atoms with Gasteiger partial charge in [0.15, 0.2) is 6.10 Å². The Balaban J connectivity index is 1.36. The highest BCUT2D eigenvalue weighted by atomic mass is 79.9. The van der Waals surface area contributed by atoms with Gasteiger partial charge in [-0.2, -0.15) is 23.4 Å². The van der Waals surface area contributed by atoms with Crippen LogP contribution in [0.1, 0.15) is 44.6 Å². The number of aromatic nitrogens is 4. The van der Waals surface area contributed by atoms with Gasteiger partial charge in [-0.3, -0.25) is 18.7 Å². The lowest BCUT2D eigenvalue weighted by atomic mass is 10.0. The standard InChI is InChI=1S/C36H32BrF3N6O5/c1-21-16-23(9-14-28(21)37)34(49)44-19-30-32(33(48)41-17-24-6-3-4-7-27(24)29-8-5-15-42-43-29)46(35(50)45(30)18-22(44)2)25-10-12-26(13-11-25)51-20-31(47)36(38,39)40/h3-16,22,31,47H,17-20H2,1-2H3,(H,41,48)/t22-,31-/m1/s1. The first kappa shape index (κ1) is 35.5. The maximum Gasteiger partial charge on any atom is 0.417 e. The van der Waals surface area contributed by atoms with Crippen molar-refractivity contribution in [1.82, 2.24) is 29.5 Å². The molecule has 15 heteroatoms. The second kappa shape index (κ2) is 14.5. The van der Waals surface area contributed by atoms with Crippen molar-refractivity contribution < 1.29 is 32.6 Å². The van der Waals surface area contributed by atoms with Crippen molar-refractivity contribution in [3.05, 3.63) is 128 Å². The van der Waals surface area contributed by atoms with Crippen LogP contribution in [-0.2, 0) is 19.6 Å². The molecule has 0 radical (unpaired) electrons. The number of carbonyl (C=O) groups is 2. The van der Waals surface area contributed by atoms with E-state index >= 15 is 0 Å². The molecular formula is C36H32BrF3N6O5. The highest BCUT2D eigenvalue weighted by Gasteiger charge is 2.39. The molecule has 0 aliphatic carbocycles. The van der Waals surface area contributed by atoms with Crippen molar-refractivity contribution in [2.45, 2.75) is 51.8 Å². The predicted molar refractivity (Wildman–Crippen MR) is 184 cm³/mol. The highest BCUT2D eigenvalue weighted by molar-refractivity contribution is 9.10. The highest BCUT2D eigenvalue weighted by Crippen LogP contribution is 2.28. The number of ether oxygens (including phenoxy) is 1. The number of aliphatic hydroxyl groups is 1. The lowest BCUT2D eigenvalue weighted by Crippen LogP contribution is -2.47. The van der Waals surface area contributed by atoms with Gasteiger partial charge in [0, 0.05) is 40.9 Å². The van der Waals surface area contributed by atoms with Gasteiger partial charge in [-0.15, -0.1) is 0 Å². The number of imidazole rings is 1. The molecule has 264 valence electrons. The second-order valence-electron chi connectivity index (χ2n) is 12.1. The Morgan fingerprint density at radius 1 is 1.08 bits per heavy atom. The third kappa shape index (κ3) is 7.44. The Bertz CT molecular complexity index is 2140. The van der Waals surface area contributed by atoms with Gasteiger partial charge in [0.2, 0.25) is 0 Å². The van der Waals surface area contributed by atoms with Crippen LogP contribution in [0.3, 0.4) is 0 Å². The molecule has 0 bridgehead atoms. The quantitative estimate of drug-likeness (QED) is 0.204. The Kier molecular flexibility index (Phi) is 10.1. The third-order valence-corrected chi connectivity index (χ3v) is 9.50. The van der Waals surface area contributed by atoms with Gasteiger partial charge in [-0.05, 0) is 79.6 Å². The molecule has 0 spiro atoms. The van der Waals surface area contributed by atoms with Crippen molar-refractivity contribution in [3.8, 4) is 22.7 Å². The number of rotatable bonds is 9. The summed E-state index contributed by atoms with van der Waals surface area (Å²) < 4.78 is 47.0. The molecule has 6 rings (SSSR count). The SMILES string of the molecule is Cc1cc(C(=O)N2Cc3c(C(=O)NCc4ccccc4-c4cccnn4)n(-c4ccc(OC[C@@H](O)C(F)(F)F)cc4)c(=O)n3C[C@H]2C)ccc1Br. The maximum absolute atomic E-state index is 14.2. The van der Waals surface area contributed by atoms with Crippen LogP contribution in [0.15, 0.2) is 94.3 Å². The number of nitrogens with zero attached hydrogens (tertiary/aromatic N) is 5. The van der Waals surface area contributed by atoms with Crippen LogP contribution >= 0.6 is 15.9 Å². The summed E-state index contributed by atoms with van der Waals surface area (Å²) in [5.74, 6) is -0.845. The van der Waals surface area contributed by atoms with Crippen LogP contribution < -0.4 is 15.7 Å². The molecule has 0 saturated carbocycles. The fraction of sp³-hybridized carbons (Fsp3) is 0.250. The molecule has 5 aromatic rings. The largest absolute Gasteiger partial charge is 0.491 e. The van der Waals surface area contributed by atoms with Crippen molar-refractivity contribution >= 4 is 27.7 Å². The van der Waals surface area contributed by atoms with E-state index in [1.54, 1.807) is 41.4 Å². The number of hydrogen-bond donors (Lipinski definition) is 2.